The second kappa shape index (κ2) is 8.50. The third kappa shape index (κ3) is 4.01. The maximum absolute atomic E-state index is 11.3. The second-order valence-electron chi connectivity index (χ2n) is 6.92. The van der Waals surface area contributed by atoms with E-state index in [0.717, 1.165) is 16.9 Å². The fourth-order valence-corrected chi connectivity index (χ4v) is 3.48. The molecule has 4 rings (SSSR count). The lowest BCUT2D eigenvalue weighted by Crippen LogP contribution is -2.18. The molecule has 0 bridgehead atoms. The number of para-hydroxylation sites is 1. The van der Waals surface area contributed by atoms with Crippen molar-refractivity contribution in [3.05, 3.63) is 101 Å². The van der Waals surface area contributed by atoms with Crippen molar-refractivity contribution < 1.29 is 14.6 Å². The van der Waals surface area contributed by atoms with Gasteiger partial charge in [0.05, 0.1) is 17.2 Å². The highest BCUT2D eigenvalue weighted by Crippen LogP contribution is 2.38. The maximum atomic E-state index is 11.3. The highest BCUT2D eigenvalue weighted by Gasteiger charge is 2.30. The first kappa shape index (κ1) is 19.2. The number of carboxylic acids is 1. The van der Waals surface area contributed by atoms with Gasteiger partial charge >= 0.3 is 5.97 Å². The van der Waals surface area contributed by atoms with Gasteiger partial charge in [-0.1, -0.05) is 48.5 Å². The van der Waals surface area contributed by atoms with Crippen LogP contribution in [0.3, 0.4) is 0 Å². The molecule has 6 nitrogen and oxygen atoms in total. The quantitative estimate of drug-likeness (QED) is 0.665. The van der Waals surface area contributed by atoms with E-state index in [2.05, 4.69) is 11.1 Å². The Balaban J connectivity index is 1.59. The fourth-order valence-electron chi connectivity index (χ4n) is 3.48. The smallest absolute Gasteiger partial charge is 0.335 e. The maximum Gasteiger partial charge on any atom is 0.335 e. The van der Waals surface area contributed by atoms with E-state index in [4.69, 9.17) is 4.74 Å². The molecule has 0 fully saturated rings. The third-order valence-electron chi connectivity index (χ3n) is 5.00. The number of nitriles is 1. The summed E-state index contributed by atoms with van der Waals surface area (Å²) in [4.78, 5) is 17.4. The number of hydrogen-bond acceptors (Lipinski definition) is 5. The summed E-state index contributed by atoms with van der Waals surface area (Å²) in [7, 11) is 0. The summed E-state index contributed by atoms with van der Waals surface area (Å²) < 4.78 is 6.07. The molecule has 0 saturated carbocycles. The van der Waals surface area contributed by atoms with Crippen LogP contribution in [0.4, 0.5) is 5.82 Å². The number of benzene rings is 2. The van der Waals surface area contributed by atoms with E-state index in [1.54, 1.807) is 6.20 Å². The Morgan fingerprint density at radius 3 is 2.70 bits per heavy atom. The molecule has 0 aliphatic carbocycles. The van der Waals surface area contributed by atoms with E-state index in [0.29, 0.717) is 24.5 Å². The van der Waals surface area contributed by atoms with E-state index in [1.807, 2.05) is 59.5 Å². The van der Waals surface area contributed by atoms with Gasteiger partial charge < -0.3 is 14.7 Å². The molecule has 0 radical (unpaired) electrons. The SMILES string of the molecule is N#CC1=CN(c2cc(C(=O)O)ccn2)CC1c1ccccc1OCc1ccccc1. The summed E-state index contributed by atoms with van der Waals surface area (Å²) in [6.07, 6.45) is 3.19. The Hall–Kier alpha value is -4.11. The number of pyridine rings is 1. The van der Waals surface area contributed by atoms with Crippen molar-refractivity contribution in [3.8, 4) is 11.8 Å². The van der Waals surface area contributed by atoms with Gasteiger partial charge in [0.25, 0.3) is 0 Å². The first-order valence-corrected chi connectivity index (χ1v) is 9.49. The second-order valence-corrected chi connectivity index (χ2v) is 6.92. The molecule has 1 unspecified atom stereocenters. The Bertz CT molecular complexity index is 1140. The normalized spacial score (nSPS) is 15.4. The molecule has 1 aliphatic rings. The van der Waals surface area contributed by atoms with Crippen molar-refractivity contribution in [1.29, 1.82) is 5.26 Å². The number of carbonyl (C=O) groups is 1. The zero-order valence-corrected chi connectivity index (χ0v) is 16.1. The molecular weight excluding hydrogens is 378 g/mol. The standard InChI is InChI=1S/C24H19N3O3/c25-13-19-14-27(23-12-18(24(28)29)10-11-26-23)15-21(19)20-8-4-5-9-22(20)30-16-17-6-2-1-3-7-17/h1-12,14,21H,15-16H2,(H,28,29). The summed E-state index contributed by atoms with van der Waals surface area (Å²) in [5.41, 5.74) is 2.71. The van der Waals surface area contributed by atoms with Crippen LogP contribution in [0, 0.1) is 11.3 Å². The van der Waals surface area contributed by atoms with Gasteiger partial charge in [-0.2, -0.15) is 5.26 Å². The molecule has 1 N–H and O–H groups in total. The molecule has 0 saturated heterocycles. The number of aromatic carboxylic acids is 1. The number of anilines is 1. The predicted octanol–water partition coefficient (Wildman–Crippen LogP) is 4.37. The van der Waals surface area contributed by atoms with E-state index < -0.39 is 5.97 Å². The van der Waals surface area contributed by atoms with E-state index in [-0.39, 0.29) is 11.5 Å². The van der Waals surface area contributed by atoms with Crippen molar-refractivity contribution in [2.45, 2.75) is 12.5 Å². The minimum atomic E-state index is -1.02. The zero-order chi connectivity index (χ0) is 20.9. The molecular formula is C24H19N3O3. The van der Waals surface area contributed by atoms with Crippen LogP contribution in [-0.2, 0) is 6.61 Å². The molecule has 6 heteroatoms. The lowest BCUT2D eigenvalue weighted by atomic mass is 9.93. The van der Waals surface area contributed by atoms with Crippen LogP contribution < -0.4 is 9.64 Å². The Kier molecular flexibility index (Phi) is 5.44. The van der Waals surface area contributed by atoms with E-state index in [9.17, 15) is 15.2 Å². The minimum absolute atomic E-state index is 0.155. The van der Waals surface area contributed by atoms with Crippen LogP contribution in [0.5, 0.6) is 5.75 Å². The molecule has 0 amide bonds. The van der Waals surface area contributed by atoms with Gasteiger partial charge in [0.1, 0.15) is 18.2 Å². The topological polar surface area (TPSA) is 86.5 Å². The van der Waals surface area contributed by atoms with Crippen LogP contribution in [0.2, 0.25) is 0 Å². The zero-order valence-electron chi connectivity index (χ0n) is 16.1. The number of hydrogen-bond donors (Lipinski definition) is 1. The first-order valence-electron chi connectivity index (χ1n) is 9.49. The molecule has 1 aromatic heterocycles. The van der Waals surface area contributed by atoms with Crippen molar-refractivity contribution >= 4 is 11.8 Å². The molecule has 1 aliphatic heterocycles. The largest absolute Gasteiger partial charge is 0.489 e. The summed E-state index contributed by atoms with van der Waals surface area (Å²) in [6, 6.07) is 22.8. The molecule has 2 aromatic carbocycles. The number of carboxylic acid groups (broad SMARTS) is 1. The average Bonchev–Trinajstić information content (AvgIpc) is 3.23. The Labute approximate surface area is 174 Å². The van der Waals surface area contributed by atoms with Gasteiger partial charge in [-0.05, 0) is 23.8 Å². The van der Waals surface area contributed by atoms with Gasteiger partial charge in [0, 0.05) is 30.4 Å². The molecule has 0 spiro atoms. The first-order chi connectivity index (χ1) is 14.7. The molecule has 148 valence electrons. The Morgan fingerprint density at radius 2 is 1.93 bits per heavy atom. The third-order valence-corrected chi connectivity index (χ3v) is 5.00. The van der Waals surface area contributed by atoms with Gasteiger partial charge in [-0.3, -0.25) is 0 Å². The summed E-state index contributed by atoms with van der Waals surface area (Å²) in [6.45, 7) is 0.910. The lowest BCUT2D eigenvalue weighted by Gasteiger charge is -2.20. The van der Waals surface area contributed by atoms with Gasteiger partial charge in [-0.25, -0.2) is 9.78 Å². The molecule has 1 atom stereocenters. The summed E-state index contributed by atoms with van der Waals surface area (Å²) in [5, 5.41) is 18.9. The van der Waals surface area contributed by atoms with Crippen LogP contribution in [0.25, 0.3) is 0 Å². The van der Waals surface area contributed by atoms with Crippen molar-refractivity contribution in [2.24, 2.45) is 0 Å². The average molecular weight is 397 g/mol. The minimum Gasteiger partial charge on any atom is -0.489 e. The van der Waals surface area contributed by atoms with E-state index in [1.165, 1.54) is 18.3 Å². The Morgan fingerprint density at radius 1 is 1.17 bits per heavy atom. The van der Waals surface area contributed by atoms with Gasteiger partial charge in [-0.15, -0.1) is 0 Å². The van der Waals surface area contributed by atoms with Crippen molar-refractivity contribution in [1.82, 2.24) is 4.98 Å². The van der Waals surface area contributed by atoms with Crippen molar-refractivity contribution in [2.75, 3.05) is 11.4 Å². The highest BCUT2D eigenvalue weighted by molar-refractivity contribution is 5.88. The van der Waals surface area contributed by atoms with E-state index >= 15 is 0 Å². The van der Waals surface area contributed by atoms with Gasteiger partial charge in [0.15, 0.2) is 0 Å². The lowest BCUT2D eigenvalue weighted by molar-refractivity contribution is 0.0697. The highest BCUT2D eigenvalue weighted by atomic mass is 16.5. The number of aromatic nitrogens is 1. The molecule has 3 aromatic rings. The van der Waals surface area contributed by atoms with Crippen molar-refractivity contribution in [3.63, 3.8) is 0 Å². The van der Waals surface area contributed by atoms with Crippen LogP contribution in [-0.4, -0.2) is 22.6 Å². The number of rotatable bonds is 6. The molecule has 2 heterocycles. The number of nitrogens with zero attached hydrogens (tertiary/aromatic N) is 3. The number of ether oxygens (including phenoxy) is 1. The van der Waals surface area contributed by atoms with Crippen LogP contribution in [0.1, 0.15) is 27.4 Å². The fraction of sp³-hybridized carbons (Fsp3) is 0.125. The monoisotopic (exact) mass is 397 g/mol. The summed E-state index contributed by atoms with van der Waals surface area (Å²) >= 11 is 0. The van der Waals surface area contributed by atoms with Gasteiger partial charge in [0.2, 0.25) is 0 Å². The molecule has 30 heavy (non-hydrogen) atoms. The van der Waals surface area contributed by atoms with Crippen LogP contribution >= 0.6 is 0 Å². The van der Waals surface area contributed by atoms with Crippen LogP contribution in [0.15, 0.2) is 84.7 Å². The summed E-state index contributed by atoms with van der Waals surface area (Å²) in [5.74, 6) is 0.00484. The predicted molar refractivity (Wildman–Crippen MR) is 112 cm³/mol.